The maximum absolute atomic E-state index is 12.4. The smallest absolute Gasteiger partial charge is 0.179 e. The molecular formula is C32H18N8O3. The third-order valence-electron chi connectivity index (χ3n) is 7.85. The summed E-state index contributed by atoms with van der Waals surface area (Å²) < 4.78 is 0. The van der Waals surface area contributed by atoms with Crippen LogP contribution >= 0.6 is 0 Å². The molecule has 5 N–H and O–H groups in total. The predicted molar refractivity (Wildman–Crippen MR) is 162 cm³/mol. The highest BCUT2D eigenvalue weighted by Gasteiger charge is 2.27. The topological polar surface area (TPSA) is 160 Å². The Morgan fingerprint density at radius 2 is 1.21 bits per heavy atom. The molecule has 8 bridgehead atoms. The van der Waals surface area contributed by atoms with E-state index in [2.05, 4.69) is 25.6 Å². The van der Waals surface area contributed by atoms with Crippen LogP contribution in [0.3, 0.4) is 0 Å². The largest absolute Gasteiger partial charge is 0.327 e. The van der Waals surface area contributed by atoms with Crippen LogP contribution in [-0.4, -0.2) is 38.1 Å². The lowest BCUT2D eigenvalue weighted by atomic mass is 10.00. The lowest BCUT2D eigenvalue weighted by molar-refractivity contribution is -0.111. The van der Waals surface area contributed by atoms with Crippen molar-refractivity contribution in [2.24, 2.45) is 15.0 Å². The molecule has 2 aliphatic heterocycles. The van der Waals surface area contributed by atoms with E-state index in [0.29, 0.717) is 73.1 Å². The first-order valence-corrected chi connectivity index (χ1v) is 13.5. The molecule has 0 fully saturated rings. The highest BCUT2D eigenvalue weighted by molar-refractivity contribution is 6.22. The van der Waals surface area contributed by atoms with Gasteiger partial charge in [0.15, 0.2) is 23.2 Å². The summed E-state index contributed by atoms with van der Waals surface area (Å²) in [5.74, 6) is 2.80. The molecule has 3 aromatic heterocycles. The molecule has 43 heavy (non-hydrogen) atoms. The van der Waals surface area contributed by atoms with Gasteiger partial charge < -0.3 is 25.6 Å². The van der Waals surface area contributed by atoms with Gasteiger partial charge in [0.1, 0.15) is 40.1 Å². The molecule has 0 unspecified atom stereocenters. The fraction of sp³-hybridized carbons (Fsp3) is 0. The van der Waals surface area contributed by atoms with Crippen molar-refractivity contribution in [2.45, 2.75) is 0 Å². The molecule has 5 aliphatic rings. The van der Waals surface area contributed by atoms with Crippen molar-refractivity contribution in [3.8, 4) is 0 Å². The molecule has 0 atom stereocenters. The number of ketones is 3. The van der Waals surface area contributed by atoms with Crippen molar-refractivity contribution in [1.29, 1.82) is 0 Å². The minimum absolute atomic E-state index is 0.147. The van der Waals surface area contributed by atoms with E-state index in [1.54, 1.807) is 24.3 Å². The van der Waals surface area contributed by atoms with Gasteiger partial charge in [-0.3, -0.25) is 14.4 Å². The van der Waals surface area contributed by atoms with E-state index in [4.69, 9.17) is 15.0 Å². The Labute approximate surface area is 240 Å². The first kappa shape index (κ1) is 23.4. The number of aromatic amines is 3. The normalized spacial score (nSPS) is 17.5. The number of aromatic nitrogens is 3. The van der Waals surface area contributed by atoms with Crippen molar-refractivity contribution < 1.29 is 14.4 Å². The number of allylic oxidation sites excluding steroid dienone is 5. The summed E-state index contributed by atoms with van der Waals surface area (Å²) in [7, 11) is 0. The molecule has 0 saturated heterocycles. The maximum atomic E-state index is 12.4. The zero-order valence-electron chi connectivity index (χ0n) is 22.1. The summed E-state index contributed by atoms with van der Waals surface area (Å²) in [6, 6.07) is 7.86. The first-order valence-electron chi connectivity index (χ1n) is 13.5. The average molecular weight is 563 g/mol. The van der Waals surface area contributed by atoms with Gasteiger partial charge in [0.25, 0.3) is 0 Å². The van der Waals surface area contributed by atoms with E-state index in [1.807, 2.05) is 24.3 Å². The predicted octanol–water partition coefficient (Wildman–Crippen LogP) is 2.01. The van der Waals surface area contributed by atoms with Gasteiger partial charge in [-0.05, 0) is 54.7 Å². The Balaban J connectivity index is 1.39. The van der Waals surface area contributed by atoms with Crippen molar-refractivity contribution in [3.63, 3.8) is 0 Å². The minimum Gasteiger partial charge on any atom is -0.327 e. The molecular weight excluding hydrogens is 544 g/mol. The number of aliphatic imine (C=N–C) groups is 1. The zero-order valence-corrected chi connectivity index (χ0v) is 22.1. The molecule has 204 valence electrons. The number of amidine groups is 1. The van der Waals surface area contributed by atoms with Crippen molar-refractivity contribution in [1.82, 2.24) is 15.0 Å². The average Bonchev–Trinajstić information content (AvgIpc) is 3.72. The number of nitrogens with one attached hydrogen (secondary N) is 5. The number of hydrogen-bond acceptors (Lipinski definition) is 8. The molecule has 0 radical (unpaired) electrons. The number of carbonyl (C=O) groups is 3. The summed E-state index contributed by atoms with van der Waals surface area (Å²) in [6.45, 7) is 0. The Morgan fingerprint density at radius 1 is 0.558 bits per heavy atom. The van der Waals surface area contributed by atoms with E-state index >= 15 is 0 Å². The monoisotopic (exact) mass is 562 g/mol. The maximum Gasteiger partial charge on any atom is 0.179 e. The van der Waals surface area contributed by atoms with Crippen LogP contribution in [0.25, 0.3) is 35.1 Å². The van der Waals surface area contributed by atoms with E-state index in [9.17, 15) is 14.4 Å². The van der Waals surface area contributed by atoms with Crippen molar-refractivity contribution >= 4 is 81.5 Å². The van der Waals surface area contributed by atoms with Gasteiger partial charge in [0.05, 0.1) is 0 Å². The Hall–Kier alpha value is -6.36. The van der Waals surface area contributed by atoms with Gasteiger partial charge in [-0.1, -0.05) is 24.3 Å². The second-order valence-electron chi connectivity index (χ2n) is 10.5. The lowest BCUT2D eigenvalue weighted by Gasteiger charge is -2.10. The molecule has 3 aliphatic carbocycles. The fourth-order valence-corrected chi connectivity index (χ4v) is 5.88. The molecule has 0 saturated carbocycles. The number of rotatable bonds is 0. The van der Waals surface area contributed by atoms with E-state index in [-0.39, 0.29) is 17.3 Å². The summed E-state index contributed by atoms with van der Waals surface area (Å²) >= 11 is 0. The van der Waals surface area contributed by atoms with Gasteiger partial charge in [-0.2, -0.15) is 0 Å². The van der Waals surface area contributed by atoms with Gasteiger partial charge in [0.2, 0.25) is 0 Å². The van der Waals surface area contributed by atoms with Crippen LogP contribution in [0.15, 0.2) is 86.6 Å². The number of H-pyrrole nitrogens is 3. The van der Waals surface area contributed by atoms with Crippen LogP contribution in [0, 0.1) is 0 Å². The standard InChI is InChI=1S/C32H18N8O3/c41-14-5-8-19-22(11-14)31-36-27(19)34-25-17-3-1-2-4-18(17)26(33-25)35-30-23-12-15(42)6-9-20(23)28(37-30)39-32-24-13-16(43)7-10-21(24)29(38-31)40-32/h1-13,33-34H,(H,35,37)(H,36,38)(H,39,40). The van der Waals surface area contributed by atoms with Gasteiger partial charge in [-0.25, -0.2) is 15.0 Å². The summed E-state index contributed by atoms with van der Waals surface area (Å²) in [5, 5.41) is 9.88. The number of benzene rings is 1. The SMILES string of the molecule is O=C1C=CC2=C3N=C(Nc4[nH]c(c5ccccc45)Nc4[nH]c(c5c4C=CC(=O)C=5)=Nc4[nH]c(c5c4C=CC(=O)C=5)=N3)C2=C1. The van der Waals surface area contributed by atoms with Crippen LogP contribution in [0.4, 0.5) is 23.3 Å². The number of fused-ring (bicyclic) bond motifs is 18. The molecule has 1 aromatic carbocycles. The Morgan fingerprint density at radius 3 is 2.00 bits per heavy atom. The molecule has 5 heterocycles. The molecule has 0 spiro atoms. The van der Waals surface area contributed by atoms with Crippen molar-refractivity contribution in [2.75, 3.05) is 10.6 Å². The molecule has 0 amide bonds. The summed E-state index contributed by atoms with van der Waals surface area (Å²) in [6.07, 6.45) is 14.2. The van der Waals surface area contributed by atoms with Crippen LogP contribution in [-0.2, 0) is 14.4 Å². The van der Waals surface area contributed by atoms with E-state index in [0.717, 1.165) is 16.3 Å². The first-order chi connectivity index (χ1) is 21.0. The highest BCUT2D eigenvalue weighted by atomic mass is 16.1. The lowest BCUT2D eigenvalue weighted by Crippen LogP contribution is -2.27. The molecule has 4 aromatic rings. The third-order valence-corrected chi connectivity index (χ3v) is 7.85. The zero-order chi connectivity index (χ0) is 28.8. The summed E-state index contributed by atoms with van der Waals surface area (Å²) in [4.78, 5) is 61.9. The minimum atomic E-state index is -0.180. The van der Waals surface area contributed by atoms with E-state index in [1.165, 1.54) is 30.4 Å². The fourth-order valence-electron chi connectivity index (χ4n) is 5.88. The van der Waals surface area contributed by atoms with Crippen molar-refractivity contribution in [3.05, 3.63) is 104 Å². The molecule has 9 rings (SSSR count). The van der Waals surface area contributed by atoms with Gasteiger partial charge in [-0.15, -0.1) is 0 Å². The quantitative estimate of drug-likeness (QED) is 0.221. The summed E-state index contributed by atoms with van der Waals surface area (Å²) in [5.41, 5.74) is 3.58. The number of anilines is 3. The van der Waals surface area contributed by atoms with E-state index < -0.39 is 0 Å². The van der Waals surface area contributed by atoms with Crippen LogP contribution in [0.5, 0.6) is 0 Å². The number of nitrogens with zero attached hydrogens (tertiary/aromatic N) is 3. The third kappa shape index (κ3) is 3.48. The highest BCUT2D eigenvalue weighted by Crippen LogP contribution is 2.35. The van der Waals surface area contributed by atoms with Gasteiger partial charge >= 0.3 is 0 Å². The molecule has 11 heteroatoms. The number of carbonyl (C=O) groups excluding carboxylic acids is 3. The Bertz CT molecular complexity index is 2510. The van der Waals surface area contributed by atoms with Crippen LogP contribution in [0.2, 0.25) is 0 Å². The second kappa shape index (κ2) is 8.33. The van der Waals surface area contributed by atoms with Crippen LogP contribution in [0.1, 0.15) is 11.1 Å². The second-order valence-corrected chi connectivity index (χ2v) is 10.5. The Kier molecular flexibility index (Phi) is 4.53. The number of hydrogen-bond donors (Lipinski definition) is 5. The van der Waals surface area contributed by atoms with Gasteiger partial charge in [0, 0.05) is 43.5 Å². The molecule has 11 nitrogen and oxygen atoms in total. The van der Waals surface area contributed by atoms with Crippen LogP contribution < -0.4 is 32.0 Å².